The lowest BCUT2D eigenvalue weighted by Crippen LogP contribution is -2.50. The molecule has 1 saturated heterocycles. The van der Waals surface area contributed by atoms with Crippen molar-refractivity contribution in [1.82, 2.24) is 10.2 Å². The van der Waals surface area contributed by atoms with E-state index < -0.39 is 12.0 Å². The highest BCUT2D eigenvalue weighted by Gasteiger charge is 2.39. The number of carboxylic acids is 1. The highest BCUT2D eigenvalue weighted by molar-refractivity contribution is 7.99. The number of carboxylic acid groups (broad SMARTS) is 1. The molecule has 0 spiro atoms. The van der Waals surface area contributed by atoms with Gasteiger partial charge in [0.25, 0.3) is 0 Å². The van der Waals surface area contributed by atoms with Crippen molar-refractivity contribution in [3.63, 3.8) is 0 Å². The maximum atomic E-state index is 12.4. The van der Waals surface area contributed by atoms with Gasteiger partial charge in [0, 0.05) is 23.1 Å². The summed E-state index contributed by atoms with van der Waals surface area (Å²) in [6, 6.07) is 0.761. The molecule has 0 radical (unpaired) electrons. The smallest absolute Gasteiger partial charge is 0.331 e. The zero-order chi connectivity index (χ0) is 13.4. The van der Waals surface area contributed by atoms with Gasteiger partial charge < -0.3 is 10.0 Å². The Bertz CT molecular complexity index is 511. The van der Waals surface area contributed by atoms with Crippen molar-refractivity contribution in [1.29, 1.82) is 0 Å². The van der Waals surface area contributed by atoms with Gasteiger partial charge in [-0.2, -0.15) is 0 Å². The first-order valence-corrected chi connectivity index (χ1v) is 8.12. The fourth-order valence-corrected chi connectivity index (χ4v) is 4.41. The van der Waals surface area contributed by atoms with Crippen LogP contribution in [0.2, 0.25) is 0 Å². The molecular formula is C12H14N2O3S2. The number of hydrogen-bond acceptors (Lipinski definition) is 5. The van der Waals surface area contributed by atoms with Crippen LogP contribution in [0.5, 0.6) is 0 Å². The van der Waals surface area contributed by atoms with Crippen LogP contribution in [0.1, 0.15) is 16.5 Å². The average molecular weight is 298 g/mol. The highest BCUT2D eigenvalue weighted by Crippen LogP contribution is 2.34. The van der Waals surface area contributed by atoms with Crippen LogP contribution < -0.4 is 5.32 Å². The number of nitrogens with one attached hydrogen (secondary N) is 1. The van der Waals surface area contributed by atoms with E-state index in [9.17, 15) is 14.7 Å². The molecule has 2 aliphatic heterocycles. The number of carbonyl (C=O) groups excluding carboxylic acids is 1. The first kappa shape index (κ1) is 13.0. The van der Waals surface area contributed by atoms with Crippen LogP contribution in [0.3, 0.4) is 0 Å². The summed E-state index contributed by atoms with van der Waals surface area (Å²) in [5.41, 5.74) is 0.780. The predicted molar refractivity (Wildman–Crippen MR) is 74.4 cm³/mol. The van der Waals surface area contributed by atoms with Gasteiger partial charge in [0.15, 0.2) is 6.04 Å². The second kappa shape index (κ2) is 5.15. The van der Waals surface area contributed by atoms with E-state index in [1.54, 1.807) is 23.1 Å². The number of aliphatic carboxylic acids is 1. The zero-order valence-electron chi connectivity index (χ0n) is 10.2. The van der Waals surface area contributed by atoms with Crippen LogP contribution in [0, 0.1) is 0 Å². The van der Waals surface area contributed by atoms with Gasteiger partial charge in [-0.1, -0.05) is 0 Å². The first-order chi connectivity index (χ1) is 9.18. The lowest BCUT2D eigenvalue weighted by atomic mass is 9.99. The van der Waals surface area contributed by atoms with E-state index >= 15 is 0 Å². The highest BCUT2D eigenvalue weighted by atomic mass is 32.2. The molecular weight excluding hydrogens is 284 g/mol. The van der Waals surface area contributed by atoms with E-state index in [0.29, 0.717) is 6.54 Å². The van der Waals surface area contributed by atoms with Crippen molar-refractivity contribution in [3.8, 4) is 0 Å². The molecule has 0 saturated carbocycles. The van der Waals surface area contributed by atoms with Gasteiger partial charge in [0.1, 0.15) is 0 Å². The van der Waals surface area contributed by atoms with Crippen molar-refractivity contribution in [2.24, 2.45) is 0 Å². The minimum absolute atomic E-state index is 0.0887. The second-order valence-corrected chi connectivity index (χ2v) is 6.62. The number of rotatable bonds is 2. The van der Waals surface area contributed by atoms with E-state index in [-0.39, 0.29) is 11.9 Å². The van der Waals surface area contributed by atoms with Crippen LogP contribution >= 0.6 is 23.1 Å². The van der Waals surface area contributed by atoms with E-state index in [0.717, 1.165) is 28.5 Å². The molecule has 2 unspecified atom stereocenters. The van der Waals surface area contributed by atoms with E-state index in [1.807, 2.05) is 11.4 Å². The first-order valence-electron chi connectivity index (χ1n) is 6.09. The van der Waals surface area contributed by atoms with Crippen LogP contribution in [0.25, 0.3) is 0 Å². The minimum atomic E-state index is -0.946. The van der Waals surface area contributed by atoms with E-state index in [1.165, 1.54) is 4.90 Å². The van der Waals surface area contributed by atoms with Gasteiger partial charge in [-0.25, -0.2) is 4.79 Å². The predicted octanol–water partition coefficient (Wildman–Crippen LogP) is 0.921. The summed E-state index contributed by atoms with van der Waals surface area (Å²) in [6.07, 6.45) is 0.752. The molecule has 1 aromatic rings. The van der Waals surface area contributed by atoms with Crippen LogP contribution in [0.15, 0.2) is 11.4 Å². The summed E-state index contributed by atoms with van der Waals surface area (Å²) in [7, 11) is 0. The van der Waals surface area contributed by atoms with E-state index in [4.69, 9.17) is 0 Å². The molecule has 0 bridgehead atoms. The fourth-order valence-electron chi connectivity index (χ4n) is 2.57. The number of amides is 1. The third-order valence-electron chi connectivity index (χ3n) is 3.50. The van der Waals surface area contributed by atoms with Gasteiger partial charge in [-0.3, -0.25) is 10.1 Å². The molecule has 3 rings (SSSR count). The molecule has 19 heavy (non-hydrogen) atoms. The Kier molecular flexibility index (Phi) is 3.51. The Morgan fingerprint density at radius 3 is 3.00 bits per heavy atom. The number of thioether (sulfide) groups is 1. The lowest BCUT2D eigenvalue weighted by Gasteiger charge is -2.34. The molecule has 3 heterocycles. The van der Waals surface area contributed by atoms with Crippen LogP contribution in [-0.2, 0) is 16.0 Å². The van der Waals surface area contributed by atoms with Gasteiger partial charge in [-0.05, 0) is 23.4 Å². The Hall–Kier alpha value is -1.05. The minimum Gasteiger partial charge on any atom is -0.479 e. The maximum Gasteiger partial charge on any atom is 0.331 e. The van der Waals surface area contributed by atoms with Gasteiger partial charge in [0.2, 0.25) is 5.91 Å². The van der Waals surface area contributed by atoms with Crippen molar-refractivity contribution in [3.05, 3.63) is 21.9 Å². The molecule has 0 aromatic carbocycles. The lowest BCUT2D eigenvalue weighted by molar-refractivity contribution is -0.151. The number of hydrogen-bond donors (Lipinski definition) is 2. The molecule has 1 amide bonds. The molecule has 0 aliphatic carbocycles. The van der Waals surface area contributed by atoms with Crippen molar-refractivity contribution in [2.45, 2.75) is 18.5 Å². The normalized spacial score (nSPS) is 26.2. The number of carbonyl (C=O) groups is 2. The van der Waals surface area contributed by atoms with Crippen LogP contribution in [-0.4, -0.2) is 46.1 Å². The molecule has 102 valence electrons. The van der Waals surface area contributed by atoms with Crippen LogP contribution in [0.4, 0.5) is 0 Å². The topological polar surface area (TPSA) is 69.6 Å². The molecule has 7 heteroatoms. The molecule has 1 aromatic heterocycles. The third kappa shape index (κ3) is 2.26. The Balaban J connectivity index is 1.89. The van der Waals surface area contributed by atoms with Crippen molar-refractivity contribution < 1.29 is 14.7 Å². The summed E-state index contributed by atoms with van der Waals surface area (Å²) in [5, 5.41) is 14.5. The molecule has 2 aliphatic rings. The molecule has 2 N–H and O–H groups in total. The second-order valence-electron chi connectivity index (χ2n) is 4.59. The number of nitrogens with zero attached hydrogens (tertiary/aromatic N) is 1. The van der Waals surface area contributed by atoms with Crippen molar-refractivity contribution >= 4 is 35.0 Å². The van der Waals surface area contributed by atoms with Gasteiger partial charge in [0.05, 0.1) is 6.04 Å². The summed E-state index contributed by atoms with van der Waals surface area (Å²) in [6.45, 7) is 0.492. The molecule has 5 nitrogen and oxygen atoms in total. The standard InChI is InChI=1S/C12H14N2O3S2/c15-11(8-5-18-6-13-8)14-3-1-9-7(2-4-19-9)10(14)12(16)17/h2,4,8,10,13H,1,3,5-6H2,(H,16,17). The summed E-state index contributed by atoms with van der Waals surface area (Å²) < 4.78 is 0. The summed E-state index contributed by atoms with van der Waals surface area (Å²) in [4.78, 5) is 26.6. The molecule has 1 fully saturated rings. The monoisotopic (exact) mass is 298 g/mol. The summed E-state index contributed by atoms with van der Waals surface area (Å²) >= 11 is 3.24. The SMILES string of the molecule is O=C(O)C1c2ccsc2CCN1C(=O)C1CSCN1. The largest absolute Gasteiger partial charge is 0.479 e. The van der Waals surface area contributed by atoms with E-state index in [2.05, 4.69) is 5.32 Å². The Morgan fingerprint density at radius 1 is 1.47 bits per heavy atom. The number of fused-ring (bicyclic) bond motifs is 1. The Labute approximate surface area is 119 Å². The van der Waals surface area contributed by atoms with Gasteiger partial charge in [-0.15, -0.1) is 23.1 Å². The Morgan fingerprint density at radius 2 is 2.32 bits per heavy atom. The van der Waals surface area contributed by atoms with Crippen molar-refractivity contribution in [2.75, 3.05) is 18.2 Å². The quantitative estimate of drug-likeness (QED) is 0.850. The number of thiophene rings is 1. The molecule has 2 atom stereocenters. The average Bonchev–Trinajstić information content (AvgIpc) is 3.06. The van der Waals surface area contributed by atoms with Gasteiger partial charge >= 0.3 is 5.97 Å². The third-order valence-corrected chi connectivity index (χ3v) is 5.43. The fraction of sp³-hybridized carbons (Fsp3) is 0.500. The zero-order valence-corrected chi connectivity index (χ0v) is 11.8. The summed E-state index contributed by atoms with van der Waals surface area (Å²) in [5.74, 6) is 0.441. The maximum absolute atomic E-state index is 12.4.